The molecule has 0 atom stereocenters. The van der Waals surface area contributed by atoms with Crippen molar-refractivity contribution in [2.75, 3.05) is 7.11 Å². The smallest absolute Gasteiger partial charge is 0.221 e. The van der Waals surface area contributed by atoms with E-state index < -0.39 is 9.84 Å². The van der Waals surface area contributed by atoms with Crippen molar-refractivity contribution in [2.24, 2.45) is 5.73 Å². The number of nitrogens with two attached hydrogens (primary N) is 1. The molecule has 2 N–H and O–H groups in total. The Kier molecular flexibility index (Phi) is 2.47. The van der Waals surface area contributed by atoms with Crippen LogP contribution in [-0.4, -0.2) is 15.5 Å². The first-order valence-corrected chi connectivity index (χ1v) is 6.11. The summed E-state index contributed by atoms with van der Waals surface area (Å²) in [6, 6.07) is 6.86. The Morgan fingerprint density at radius 3 is 2.56 bits per heavy atom. The lowest BCUT2D eigenvalue weighted by Gasteiger charge is -2.06. The highest BCUT2D eigenvalue weighted by atomic mass is 32.2. The summed E-state index contributed by atoms with van der Waals surface area (Å²) >= 11 is 0. The topological polar surface area (TPSA) is 69.4 Å². The highest BCUT2D eigenvalue weighted by Gasteiger charge is 2.26. The van der Waals surface area contributed by atoms with Gasteiger partial charge in [0, 0.05) is 0 Å². The molecule has 1 heterocycles. The molecule has 0 radical (unpaired) electrons. The largest absolute Gasteiger partial charge is 0.497 e. The summed E-state index contributed by atoms with van der Waals surface area (Å²) in [7, 11) is -1.97. The van der Waals surface area contributed by atoms with Crippen molar-refractivity contribution in [3.8, 4) is 5.75 Å². The van der Waals surface area contributed by atoms with Crippen molar-refractivity contribution in [1.82, 2.24) is 0 Å². The summed E-state index contributed by atoms with van der Waals surface area (Å²) in [6.45, 7) is 0. The van der Waals surface area contributed by atoms with Gasteiger partial charge in [-0.2, -0.15) is 0 Å². The van der Waals surface area contributed by atoms with Crippen LogP contribution >= 0.6 is 0 Å². The number of hydrogen-bond donors (Lipinski definition) is 1. The molecule has 0 aromatic heterocycles. The molecule has 0 unspecified atom stereocenters. The molecule has 16 heavy (non-hydrogen) atoms. The lowest BCUT2D eigenvalue weighted by molar-refractivity contribution is 0.414. The normalized spacial score (nSPS) is 17.8. The van der Waals surface area contributed by atoms with E-state index in [1.165, 1.54) is 19.3 Å². The molecule has 0 saturated carbocycles. The van der Waals surface area contributed by atoms with E-state index in [0.717, 1.165) is 0 Å². The van der Waals surface area contributed by atoms with Gasteiger partial charge in [0.1, 0.15) is 10.8 Å². The number of hydrogen-bond acceptors (Lipinski definition) is 4. The van der Waals surface area contributed by atoms with Crippen molar-refractivity contribution in [3.05, 3.63) is 47.0 Å². The summed E-state index contributed by atoms with van der Waals surface area (Å²) in [5.41, 5.74) is 5.98. The van der Waals surface area contributed by atoms with E-state index in [0.29, 0.717) is 11.3 Å². The molecule has 0 bridgehead atoms. The number of rotatable bonds is 2. The van der Waals surface area contributed by atoms with Crippen LogP contribution in [0.3, 0.4) is 0 Å². The van der Waals surface area contributed by atoms with E-state index in [-0.39, 0.29) is 9.93 Å². The van der Waals surface area contributed by atoms with Crippen LogP contribution in [0.5, 0.6) is 5.75 Å². The van der Waals surface area contributed by atoms with Gasteiger partial charge in [-0.1, -0.05) is 12.1 Å². The van der Waals surface area contributed by atoms with Gasteiger partial charge in [-0.15, -0.1) is 0 Å². The highest BCUT2D eigenvalue weighted by molar-refractivity contribution is 8.04. The summed E-state index contributed by atoms with van der Waals surface area (Å²) < 4.78 is 28.6. The van der Waals surface area contributed by atoms with E-state index in [1.54, 1.807) is 24.3 Å². The molecule has 0 fully saturated rings. The van der Waals surface area contributed by atoms with Crippen LogP contribution in [0.2, 0.25) is 0 Å². The average molecular weight is 237 g/mol. The second-order valence-corrected chi connectivity index (χ2v) is 5.25. The third kappa shape index (κ3) is 1.59. The maximum Gasteiger partial charge on any atom is 0.221 e. The lowest BCUT2D eigenvalue weighted by atomic mass is 10.2. The Hall–Kier alpha value is -1.75. The van der Waals surface area contributed by atoms with Crippen LogP contribution in [0, 0.1) is 0 Å². The van der Waals surface area contributed by atoms with E-state index in [1.807, 2.05) is 0 Å². The zero-order valence-electron chi connectivity index (χ0n) is 8.67. The van der Waals surface area contributed by atoms with Gasteiger partial charge in [0.05, 0.1) is 12.0 Å². The molecule has 1 aromatic rings. The van der Waals surface area contributed by atoms with Gasteiger partial charge in [-0.25, -0.2) is 8.42 Å². The first kappa shape index (κ1) is 10.8. The fourth-order valence-electron chi connectivity index (χ4n) is 1.49. The second kappa shape index (κ2) is 3.68. The Morgan fingerprint density at radius 1 is 1.25 bits per heavy atom. The summed E-state index contributed by atoms with van der Waals surface area (Å²) in [5, 5.41) is -0.120. The third-order valence-corrected chi connectivity index (χ3v) is 4.06. The molecular weight excluding hydrogens is 226 g/mol. The molecule has 0 aliphatic carbocycles. The minimum atomic E-state index is -3.50. The quantitative estimate of drug-likeness (QED) is 0.840. The van der Waals surface area contributed by atoms with Crippen LogP contribution in [0.1, 0.15) is 5.56 Å². The maximum absolute atomic E-state index is 11.8. The average Bonchev–Trinajstić information content (AvgIpc) is 2.54. The molecule has 1 aromatic carbocycles. The molecule has 0 amide bonds. The van der Waals surface area contributed by atoms with Gasteiger partial charge in [-0.05, 0) is 29.8 Å². The summed E-state index contributed by atoms with van der Waals surface area (Å²) in [6.07, 6.45) is 2.89. The number of allylic oxidation sites excluding steroid dienone is 2. The SMILES string of the molecule is COc1cccc(C2=CC=C(N)S2(=O)=O)c1. The maximum atomic E-state index is 11.8. The molecule has 4 nitrogen and oxygen atoms in total. The first-order valence-electron chi connectivity index (χ1n) is 4.62. The third-order valence-electron chi connectivity index (χ3n) is 2.35. The monoisotopic (exact) mass is 237 g/mol. The van der Waals surface area contributed by atoms with Gasteiger partial charge in [0.25, 0.3) is 0 Å². The van der Waals surface area contributed by atoms with Gasteiger partial charge in [0.15, 0.2) is 0 Å². The van der Waals surface area contributed by atoms with Crippen molar-refractivity contribution < 1.29 is 13.2 Å². The molecule has 1 aliphatic heterocycles. The number of ether oxygens (including phenoxy) is 1. The molecule has 5 heteroatoms. The van der Waals surface area contributed by atoms with E-state index in [2.05, 4.69) is 0 Å². The standard InChI is InChI=1S/C11H11NO3S/c1-15-9-4-2-3-8(7-9)10-5-6-11(12)16(10,13)14/h2-7H,12H2,1H3. The fourth-order valence-corrected chi connectivity index (χ4v) is 2.68. The number of methoxy groups -OCH3 is 1. The lowest BCUT2D eigenvalue weighted by Crippen LogP contribution is -2.09. The van der Waals surface area contributed by atoms with E-state index >= 15 is 0 Å². The zero-order chi connectivity index (χ0) is 11.8. The Labute approximate surface area is 93.9 Å². The van der Waals surface area contributed by atoms with Crippen molar-refractivity contribution in [2.45, 2.75) is 0 Å². The summed E-state index contributed by atoms with van der Waals surface area (Å²) in [5.74, 6) is 0.610. The van der Waals surface area contributed by atoms with Crippen LogP contribution in [0.15, 0.2) is 41.4 Å². The van der Waals surface area contributed by atoms with Crippen molar-refractivity contribution >= 4 is 14.7 Å². The molecule has 84 valence electrons. The fraction of sp³-hybridized carbons (Fsp3) is 0.0909. The molecule has 2 rings (SSSR count). The van der Waals surface area contributed by atoms with Crippen LogP contribution in [0.4, 0.5) is 0 Å². The zero-order valence-corrected chi connectivity index (χ0v) is 9.49. The minimum Gasteiger partial charge on any atom is -0.497 e. The number of benzene rings is 1. The first-order chi connectivity index (χ1) is 7.55. The predicted octanol–water partition coefficient (Wildman–Crippen LogP) is 1.26. The second-order valence-electron chi connectivity index (χ2n) is 3.34. The van der Waals surface area contributed by atoms with Gasteiger partial charge >= 0.3 is 0 Å². The van der Waals surface area contributed by atoms with Crippen molar-refractivity contribution in [3.63, 3.8) is 0 Å². The van der Waals surface area contributed by atoms with Gasteiger partial charge in [-0.3, -0.25) is 0 Å². The van der Waals surface area contributed by atoms with Crippen molar-refractivity contribution in [1.29, 1.82) is 0 Å². The van der Waals surface area contributed by atoms with E-state index in [4.69, 9.17) is 10.5 Å². The highest BCUT2D eigenvalue weighted by Crippen LogP contribution is 2.31. The molecular formula is C11H11NO3S. The minimum absolute atomic E-state index is 0.120. The van der Waals surface area contributed by atoms with Crippen LogP contribution in [-0.2, 0) is 9.84 Å². The van der Waals surface area contributed by atoms with Crippen LogP contribution in [0.25, 0.3) is 4.91 Å². The Bertz CT molecular complexity index is 585. The number of sulfone groups is 1. The van der Waals surface area contributed by atoms with Crippen LogP contribution < -0.4 is 10.5 Å². The van der Waals surface area contributed by atoms with Gasteiger partial charge < -0.3 is 10.5 Å². The molecule has 0 saturated heterocycles. The molecule has 0 spiro atoms. The summed E-state index contributed by atoms with van der Waals surface area (Å²) in [4.78, 5) is 0.212. The predicted molar refractivity (Wildman–Crippen MR) is 62.2 cm³/mol. The van der Waals surface area contributed by atoms with E-state index in [9.17, 15) is 8.42 Å². The Morgan fingerprint density at radius 2 is 2.00 bits per heavy atom. The Balaban J connectivity index is 2.49. The molecule has 1 aliphatic rings. The van der Waals surface area contributed by atoms with Gasteiger partial charge in [0.2, 0.25) is 9.84 Å².